The lowest BCUT2D eigenvalue weighted by atomic mass is 9.86. The van der Waals surface area contributed by atoms with E-state index in [1.54, 1.807) is 0 Å². The second-order valence-corrected chi connectivity index (χ2v) is 6.35. The maximum Gasteiger partial charge on any atom is 0.220 e. The Morgan fingerprint density at radius 3 is 2.96 bits per heavy atom. The summed E-state index contributed by atoms with van der Waals surface area (Å²) in [6.07, 6.45) is 3.47. The number of hydrogen-bond acceptors (Lipinski definition) is 3. The molecule has 128 valence electrons. The summed E-state index contributed by atoms with van der Waals surface area (Å²) in [5.74, 6) is -1.52. The first-order valence-electron chi connectivity index (χ1n) is 7.93. The number of benzene rings is 1. The van der Waals surface area contributed by atoms with Crippen LogP contribution in [0.25, 0.3) is 0 Å². The quantitative estimate of drug-likeness (QED) is 0.757. The Hall–Kier alpha value is -1.69. The maximum absolute atomic E-state index is 13.4. The van der Waals surface area contributed by atoms with E-state index >= 15 is 0 Å². The molecule has 6 heteroatoms. The van der Waals surface area contributed by atoms with E-state index in [9.17, 15) is 18.7 Å². The predicted octanol–water partition coefficient (Wildman–Crippen LogP) is 2.79. The molecular weight excluding hydrogens is 304 g/mol. The molecular formula is C17H23F2NO3. The Kier molecular flexibility index (Phi) is 5.93. The third-order valence-corrected chi connectivity index (χ3v) is 4.48. The van der Waals surface area contributed by atoms with Crippen molar-refractivity contribution < 1.29 is 23.4 Å². The highest BCUT2D eigenvalue weighted by Gasteiger charge is 2.38. The van der Waals surface area contributed by atoms with Gasteiger partial charge in [-0.15, -0.1) is 0 Å². The lowest BCUT2D eigenvalue weighted by Gasteiger charge is -2.30. The molecule has 0 radical (unpaired) electrons. The number of aliphatic hydroxyl groups excluding tert-OH is 1. The maximum atomic E-state index is 13.4. The molecule has 1 aliphatic carbocycles. The van der Waals surface area contributed by atoms with Crippen molar-refractivity contribution in [2.45, 2.75) is 45.1 Å². The summed E-state index contributed by atoms with van der Waals surface area (Å²) in [6, 6.07) is 3.12. The summed E-state index contributed by atoms with van der Waals surface area (Å²) >= 11 is 0. The van der Waals surface area contributed by atoms with E-state index in [-0.39, 0.29) is 42.7 Å². The fourth-order valence-electron chi connectivity index (χ4n) is 2.94. The molecule has 1 amide bonds. The van der Waals surface area contributed by atoms with Gasteiger partial charge in [-0.25, -0.2) is 8.78 Å². The van der Waals surface area contributed by atoms with Crippen molar-refractivity contribution in [1.82, 2.24) is 5.32 Å². The van der Waals surface area contributed by atoms with Crippen LogP contribution < -0.4 is 10.1 Å². The number of carbonyl (C=O) groups excluding carboxylic acids is 1. The van der Waals surface area contributed by atoms with Crippen LogP contribution in [-0.4, -0.2) is 30.3 Å². The molecule has 2 rings (SSSR count). The van der Waals surface area contributed by atoms with Crippen LogP contribution in [0.2, 0.25) is 0 Å². The standard InChI is InChI=1S/C17H23F2NO3/c1-17(11-21)8-2-4-15(17)20-16(22)5-3-9-23-14-7-6-12(18)10-13(14)19/h6-7,10,15,21H,2-5,8-9,11H2,1H3,(H,20,22). The Bertz CT molecular complexity index is 553. The van der Waals surface area contributed by atoms with Crippen molar-refractivity contribution in [3.63, 3.8) is 0 Å². The fraction of sp³-hybridized carbons (Fsp3) is 0.588. The number of rotatable bonds is 7. The molecule has 4 nitrogen and oxygen atoms in total. The summed E-state index contributed by atoms with van der Waals surface area (Å²) in [5.41, 5.74) is -0.247. The normalized spacial score (nSPS) is 23.7. The minimum atomic E-state index is -0.751. The van der Waals surface area contributed by atoms with Crippen molar-refractivity contribution in [2.24, 2.45) is 5.41 Å². The van der Waals surface area contributed by atoms with Crippen LogP contribution >= 0.6 is 0 Å². The first-order valence-corrected chi connectivity index (χ1v) is 7.93. The average molecular weight is 327 g/mol. The minimum Gasteiger partial charge on any atom is -0.491 e. The highest BCUT2D eigenvalue weighted by molar-refractivity contribution is 5.76. The van der Waals surface area contributed by atoms with E-state index in [4.69, 9.17) is 4.74 Å². The number of halogens is 2. The Balaban J connectivity index is 1.71. The van der Waals surface area contributed by atoms with Crippen LogP contribution in [0.5, 0.6) is 5.75 Å². The molecule has 2 atom stereocenters. The van der Waals surface area contributed by atoms with E-state index < -0.39 is 11.6 Å². The lowest BCUT2D eigenvalue weighted by Crippen LogP contribution is -2.44. The van der Waals surface area contributed by atoms with Gasteiger partial charge in [0.15, 0.2) is 11.6 Å². The first kappa shape index (κ1) is 17.7. The molecule has 1 aliphatic rings. The summed E-state index contributed by atoms with van der Waals surface area (Å²) in [6.45, 7) is 2.22. The molecule has 1 aromatic rings. The van der Waals surface area contributed by atoms with E-state index in [0.717, 1.165) is 31.4 Å². The zero-order valence-corrected chi connectivity index (χ0v) is 13.3. The topological polar surface area (TPSA) is 58.6 Å². The summed E-state index contributed by atoms with van der Waals surface area (Å²) in [7, 11) is 0. The zero-order chi connectivity index (χ0) is 16.9. The smallest absolute Gasteiger partial charge is 0.220 e. The van der Waals surface area contributed by atoms with Gasteiger partial charge in [0.25, 0.3) is 0 Å². The Morgan fingerprint density at radius 1 is 1.48 bits per heavy atom. The highest BCUT2D eigenvalue weighted by atomic mass is 19.1. The molecule has 2 N–H and O–H groups in total. The van der Waals surface area contributed by atoms with Crippen LogP contribution in [0.4, 0.5) is 8.78 Å². The second-order valence-electron chi connectivity index (χ2n) is 6.35. The van der Waals surface area contributed by atoms with Crippen molar-refractivity contribution >= 4 is 5.91 Å². The molecule has 0 saturated heterocycles. The fourth-order valence-corrected chi connectivity index (χ4v) is 2.94. The third kappa shape index (κ3) is 4.64. The van der Waals surface area contributed by atoms with Crippen molar-refractivity contribution in [1.29, 1.82) is 0 Å². The predicted molar refractivity (Wildman–Crippen MR) is 82.1 cm³/mol. The van der Waals surface area contributed by atoms with Gasteiger partial charge in [0, 0.05) is 23.9 Å². The average Bonchev–Trinajstić information content (AvgIpc) is 2.87. The molecule has 0 heterocycles. The van der Waals surface area contributed by atoms with Gasteiger partial charge in [0.1, 0.15) is 5.82 Å². The largest absolute Gasteiger partial charge is 0.491 e. The Morgan fingerprint density at radius 2 is 2.26 bits per heavy atom. The molecule has 2 unspecified atom stereocenters. The monoisotopic (exact) mass is 327 g/mol. The van der Waals surface area contributed by atoms with Gasteiger partial charge in [-0.2, -0.15) is 0 Å². The minimum absolute atomic E-state index is 0.00420. The molecule has 0 spiro atoms. The summed E-state index contributed by atoms with van der Waals surface area (Å²) < 4.78 is 31.3. The molecule has 0 bridgehead atoms. The number of amides is 1. The number of carbonyl (C=O) groups is 1. The van der Waals surface area contributed by atoms with Gasteiger partial charge < -0.3 is 15.2 Å². The van der Waals surface area contributed by atoms with Crippen LogP contribution in [0, 0.1) is 17.0 Å². The van der Waals surface area contributed by atoms with Crippen molar-refractivity contribution in [2.75, 3.05) is 13.2 Å². The number of nitrogens with one attached hydrogen (secondary N) is 1. The van der Waals surface area contributed by atoms with Crippen molar-refractivity contribution in [3.8, 4) is 5.75 Å². The third-order valence-electron chi connectivity index (χ3n) is 4.48. The van der Waals surface area contributed by atoms with Gasteiger partial charge in [-0.3, -0.25) is 4.79 Å². The first-order chi connectivity index (χ1) is 10.9. The van der Waals surface area contributed by atoms with Gasteiger partial charge in [0.05, 0.1) is 13.2 Å². The van der Waals surface area contributed by atoms with E-state index in [1.165, 1.54) is 6.07 Å². The number of aliphatic hydroxyl groups is 1. The van der Waals surface area contributed by atoms with E-state index in [0.29, 0.717) is 6.42 Å². The number of hydrogen-bond donors (Lipinski definition) is 2. The van der Waals surface area contributed by atoms with Crippen LogP contribution in [-0.2, 0) is 4.79 Å². The molecule has 1 aromatic carbocycles. The molecule has 23 heavy (non-hydrogen) atoms. The van der Waals surface area contributed by atoms with Crippen LogP contribution in [0.1, 0.15) is 39.0 Å². The van der Waals surface area contributed by atoms with E-state index in [1.807, 2.05) is 6.92 Å². The van der Waals surface area contributed by atoms with Crippen LogP contribution in [0.15, 0.2) is 18.2 Å². The zero-order valence-electron chi connectivity index (χ0n) is 13.3. The lowest BCUT2D eigenvalue weighted by molar-refractivity contribution is -0.122. The molecule has 1 saturated carbocycles. The van der Waals surface area contributed by atoms with Crippen molar-refractivity contribution in [3.05, 3.63) is 29.8 Å². The summed E-state index contributed by atoms with van der Waals surface area (Å²) in [4.78, 5) is 12.0. The molecule has 0 aliphatic heterocycles. The van der Waals surface area contributed by atoms with Gasteiger partial charge >= 0.3 is 0 Å². The highest BCUT2D eigenvalue weighted by Crippen LogP contribution is 2.37. The second kappa shape index (κ2) is 7.73. The Labute approximate surface area is 134 Å². The van der Waals surface area contributed by atoms with Gasteiger partial charge in [-0.1, -0.05) is 13.3 Å². The van der Waals surface area contributed by atoms with Crippen LogP contribution in [0.3, 0.4) is 0 Å². The molecule has 0 aromatic heterocycles. The van der Waals surface area contributed by atoms with E-state index in [2.05, 4.69) is 5.32 Å². The van der Waals surface area contributed by atoms with Gasteiger partial charge in [0.2, 0.25) is 5.91 Å². The summed E-state index contributed by atoms with van der Waals surface area (Å²) in [5, 5.41) is 12.4. The van der Waals surface area contributed by atoms with Gasteiger partial charge in [-0.05, 0) is 31.4 Å². The SMILES string of the molecule is CC1(CO)CCCC1NC(=O)CCCOc1ccc(F)cc1F. The number of ether oxygens (including phenoxy) is 1. The molecule has 1 fully saturated rings.